The minimum Gasteiger partial charge on any atom is -0.388 e. The lowest BCUT2D eigenvalue weighted by Crippen LogP contribution is -2.62. The Hall–Kier alpha value is -2.80. The molecule has 4 unspecified atom stereocenters. The van der Waals surface area contributed by atoms with Gasteiger partial charge < -0.3 is 25.1 Å². The van der Waals surface area contributed by atoms with Crippen molar-refractivity contribution in [1.82, 2.24) is 19.7 Å². The van der Waals surface area contributed by atoms with Gasteiger partial charge >= 0.3 is 0 Å². The van der Waals surface area contributed by atoms with Crippen molar-refractivity contribution in [3.8, 4) is 5.69 Å². The van der Waals surface area contributed by atoms with Crippen LogP contribution in [0.3, 0.4) is 0 Å². The number of aromatic nitrogens is 4. The average Bonchev–Trinajstić information content (AvgIpc) is 3.41. The van der Waals surface area contributed by atoms with Crippen molar-refractivity contribution < 1.29 is 23.7 Å². The summed E-state index contributed by atoms with van der Waals surface area (Å²) in [6, 6.07) is 11.8. The lowest BCUT2D eigenvalue weighted by atomic mass is 9.92. The lowest BCUT2D eigenvalue weighted by molar-refractivity contribution is -0.309. The Morgan fingerprint density at radius 3 is 2.74 bits per heavy atom. The molecular weight excluding hydrogens is 473 g/mol. The van der Waals surface area contributed by atoms with E-state index < -0.39 is 42.6 Å². The molecular formula is C24H24FN5O4S. The number of aryl methyl sites for hydroxylation is 2. The van der Waals surface area contributed by atoms with Crippen LogP contribution in [0.5, 0.6) is 0 Å². The second-order valence-corrected chi connectivity index (χ2v) is 10.0. The number of hydrogen-bond acceptors (Lipinski definition) is 9. The Morgan fingerprint density at radius 2 is 1.94 bits per heavy atom. The Bertz CT molecular complexity index is 1380. The third-order valence-corrected chi connectivity index (χ3v) is 7.25. The second-order valence-electron chi connectivity index (χ2n) is 8.77. The fourth-order valence-corrected chi connectivity index (χ4v) is 5.52. The maximum atomic E-state index is 15.1. The molecule has 6 rings (SSSR count). The van der Waals surface area contributed by atoms with E-state index in [1.54, 1.807) is 13.0 Å². The maximum absolute atomic E-state index is 15.1. The van der Waals surface area contributed by atoms with Gasteiger partial charge in [-0.05, 0) is 19.9 Å². The molecule has 0 amide bonds. The Balaban J connectivity index is 1.32. The van der Waals surface area contributed by atoms with Gasteiger partial charge in [-0.3, -0.25) is 0 Å². The van der Waals surface area contributed by atoms with Gasteiger partial charge in [0.2, 0.25) is 0 Å². The number of halogens is 1. The molecule has 0 saturated carbocycles. The van der Waals surface area contributed by atoms with Crippen LogP contribution in [0.15, 0.2) is 42.5 Å². The van der Waals surface area contributed by atoms with Crippen molar-refractivity contribution in [2.45, 2.75) is 50.6 Å². The molecule has 2 aromatic carbocycles. The van der Waals surface area contributed by atoms with Gasteiger partial charge in [-0.1, -0.05) is 30.3 Å². The number of aliphatic hydroxyl groups is 1. The van der Waals surface area contributed by atoms with E-state index in [0.29, 0.717) is 11.3 Å². The van der Waals surface area contributed by atoms with E-state index in [0.717, 1.165) is 15.3 Å². The first-order chi connectivity index (χ1) is 16.9. The van der Waals surface area contributed by atoms with Crippen molar-refractivity contribution in [2.24, 2.45) is 5.73 Å². The van der Waals surface area contributed by atoms with E-state index in [2.05, 4.69) is 15.1 Å². The van der Waals surface area contributed by atoms with Gasteiger partial charge in [0.25, 0.3) is 0 Å². The molecule has 4 heterocycles. The quantitative estimate of drug-likeness (QED) is 0.444. The Morgan fingerprint density at radius 1 is 1.14 bits per heavy atom. The summed E-state index contributed by atoms with van der Waals surface area (Å²) >= 11 is 1.46. The number of aliphatic hydroxyl groups excluding tert-OH is 1. The van der Waals surface area contributed by atoms with E-state index in [4.69, 9.17) is 19.9 Å². The molecule has 6 atom stereocenters. The smallest absolute Gasteiger partial charge is 0.184 e. The van der Waals surface area contributed by atoms with E-state index in [-0.39, 0.29) is 18.1 Å². The molecule has 0 radical (unpaired) electrons. The van der Waals surface area contributed by atoms with Crippen LogP contribution in [0.25, 0.3) is 15.9 Å². The van der Waals surface area contributed by atoms with Crippen LogP contribution < -0.4 is 5.73 Å². The van der Waals surface area contributed by atoms with Gasteiger partial charge in [-0.15, -0.1) is 11.3 Å². The SMILES string of the molecule is Cc1nc([C@@H]2OC3COC(c4ccccc4)O[C@@H]3C(N)C2O)n(-c2cc3sc(C)nc3cc2F)n1. The summed E-state index contributed by atoms with van der Waals surface area (Å²) in [5.74, 6) is 0.164. The van der Waals surface area contributed by atoms with E-state index in [9.17, 15) is 5.11 Å². The highest BCUT2D eigenvalue weighted by Gasteiger charge is 2.49. The van der Waals surface area contributed by atoms with Crippen LogP contribution in [0.2, 0.25) is 0 Å². The number of rotatable bonds is 3. The third kappa shape index (κ3) is 3.94. The monoisotopic (exact) mass is 497 g/mol. The van der Waals surface area contributed by atoms with Gasteiger partial charge in [0.05, 0.1) is 27.9 Å². The van der Waals surface area contributed by atoms with Crippen LogP contribution in [0.4, 0.5) is 4.39 Å². The molecule has 11 heteroatoms. The third-order valence-electron chi connectivity index (χ3n) is 6.32. The molecule has 0 spiro atoms. The molecule has 4 aromatic rings. The van der Waals surface area contributed by atoms with Crippen LogP contribution in [0, 0.1) is 19.7 Å². The standard InChI is InChI=1S/C24H24FN5O4S/c1-11-27-23(30(29-11)16-9-18-15(8-14(16)25)28-12(2)35-18)22-20(31)19(26)21-17(33-22)10-32-24(34-21)13-6-4-3-5-7-13/h3-9,17,19-22,24,31H,10,26H2,1-2H3/t17?,19?,20?,21-,22+,24?/m0/s1. The van der Waals surface area contributed by atoms with E-state index in [1.807, 2.05) is 37.3 Å². The molecule has 9 nitrogen and oxygen atoms in total. The summed E-state index contributed by atoms with van der Waals surface area (Å²) in [6.07, 6.45) is -3.85. The minimum atomic E-state index is -1.16. The van der Waals surface area contributed by atoms with Crippen molar-refractivity contribution >= 4 is 21.6 Å². The predicted molar refractivity (Wildman–Crippen MR) is 126 cm³/mol. The summed E-state index contributed by atoms with van der Waals surface area (Å²) < 4.78 is 35.5. The number of fused-ring (bicyclic) bond motifs is 2. The first-order valence-electron chi connectivity index (χ1n) is 11.3. The predicted octanol–water partition coefficient (Wildman–Crippen LogP) is 2.88. The summed E-state index contributed by atoms with van der Waals surface area (Å²) in [4.78, 5) is 8.82. The molecule has 2 fully saturated rings. The Kier molecular flexibility index (Phi) is 5.63. The fraction of sp³-hybridized carbons (Fsp3) is 0.375. The highest BCUT2D eigenvalue weighted by atomic mass is 32.1. The van der Waals surface area contributed by atoms with Gasteiger partial charge in [0.1, 0.15) is 35.9 Å². The summed E-state index contributed by atoms with van der Waals surface area (Å²) in [5.41, 5.74) is 8.09. The summed E-state index contributed by atoms with van der Waals surface area (Å²) in [6.45, 7) is 3.78. The Labute approximate surface area is 204 Å². The van der Waals surface area contributed by atoms with Crippen molar-refractivity contribution in [3.05, 3.63) is 70.5 Å². The van der Waals surface area contributed by atoms with Crippen molar-refractivity contribution in [2.75, 3.05) is 6.61 Å². The van der Waals surface area contributed by atoms with Crippen molar-refractivity contribution in [3.63, 3.8) is 0 Å². The van der Waals surface area contributed by atoms with Crippen LogP contribution in [-0.2, 0) is 14.2 Å². The van der Waals surface area contributed by atoms with Gasteiger partial charge in [0, 0.05) is 11.6 Å². The largest absolute Gasteiger partial charge is 0.388 e. The normalized spacial score (nSPS) is 28.8. The zero-order valence-corrected chi connectivity index (χ0v) is 19.9. The van der Waals surface area contributed by atoms with Crippen LogP contribution in [0.1, 0.15) is 34.6 Å². The molecule has 182 valence electrons. The molecule has 0 aliphatic carbocycles. The number of nitrogens with zero attached hydrogens (tertiary/aromatic N) is 4. The van der Waals surface area contributed by atoms with Gasteiger partial charge in [-0.2, -0.15) is 5.10 Å². The van der Waals surface area contributed by atoms with E-state index in [1.165, 1.54) is 22.1 Å². The zero-order chi connectivity index (χ0) is 24.3. The maximum Gasteiger partial charge on any atom is 0.184 e. The number of nitrogens with two attached hydrogens (primary N) is 1. The molecule has 2 aliphatic rings. The average molecular weight is 498 g/mol. The summed E-state index contributed by atoms with van der Waals surface area (Å²) in [5, 5.41) is 16.4. The molecule has 2 aliphatic heterocycles. The number of benzene rings is 2. The zero-order valence-electron chi connectivity index (χ0n) is 19.0. The number of hydrogen-bond donors (Lipinski definition) is 2. The van der Waals surface area contributed by atoms with E-state index >= 15 is 4.39 Å². The highest BCUT2D eigenvalue weighted by Crippen LogP contribution is 2.39. The van der Waals surface area contributed by atoms with Crippen LogP contribution in [-0.4, -0.2) is 55.8 Å². The van der Waals surface area contributed by atoms with Crippen molar-refractivity contribution in [1.29, 1.82) is 0 Å². The molecule has 2 saturated heterocycles. The first kappa shape index (κ1) is 22.7. The fourth-order valence-electron chi connectivity index (χ4n) is 4.67. The second kappa shape index (κ2) is 8.70. The topological polar surface area (TPSA) is 118 Å². The first-order valence-corrected chi connectivity index (χ1v) is 12.1. The number of thiazole rings is 1. The number of ether oxygens (including phenoxy) is 3. The molecule has 0 bridgehead atoms. The van der Waals surface area contributed by atoms with Crippen LogP contribution >= 0.6 is 11.3 Å². The minimum absolute atomic E-state index is 0.198. The lowest BCUT2D eigenvalue weighted by Gasteiger charge is -2.46. The molecule has 35 heavy (non-hydrogen) atoms. The highest BCUT2D eigenvalue weighted by molar-refractivity contribution is 7.18. The molecule has 3 N–H and O–H groups in total. The summed E-state index contributed by atoms with van der Waals surface area (Å²) in [7, 11) is 0. The van der Waals surface area contributed by atoms with Gasteiger partial charge in [0.15, 0.2) is 17.9 Å². The van der Waals surface area contributed by atoms with Gasteiger partial charge in [-0.25, -0.2) is 19.0 Å². The molecule has 2 aromatic heterocycles.